The van der Waals surface area contributed by atoms with Crippen molar-refractivity contribution < 1.29 is 34.6 Å². The Morgan fingerprint density at radius 2 is 1.06 bits per heavy atom. The van der Waals surface area contributed by atoms with Crippen molar-refractivity contribution in [2.75, 3.05) is 68.6 Å². The quantitative estimate of drug-likeness (QED) is 0.435. The molecule has 0 rings (SSSR count). The number of hydrogen-bond donors (Lipinski definition) is 2. The number of quaternary nitrogens is 2. The van der Waals surface area contributed by atoms with Gasteiger partial charge in [0.25, 0.3) is 0 Å². The summed E-state index contributed by atoms with van der Waals surface area (Å²) in [5.74, 6) is 0. The fraction of sp³-hybridized carbons (Fsp3) is 0.909. The van der Waals surface area contributed by atoms with Crippen molar-refractivity contribution in [3.8, 4) is 0 Å². The summed E-state index contributed by atoms with van der Waals surface area (Å²) in [7, 11) is 12.3. The Kier molecular flexibility index (Phi) is 20.7. The second-order valence-electron chi connectivity index (χ2n) is 5.57. The Hall–Kier alpha value is -0.730. The van der Waals surface area contributed by atoms with Gasteiger partial charge in [-0.2, -0.15) is 0 Å². The molecule has 0 saturated heterocycles. The van der Waals surface area contributed by atoms with Crippen molar-refractivity contribution in [2.24, 2.45) is 0 Å². The van der Waals surface area contributed by atoms with E-state index in [1.807, 2.05) is 0 Å². The van der Waals surface area contributed by atoms with Gasteiger partial charge in [-0.15, -0.1) is 0 Å². The first kappa shape index (κ1) is 26.0. The molecule has 0 spiro atoms. The third-order valence-electron chi connectivity index (χ3n) is 1.54. The molecular formula is C11H30N2O5. The summed E-state index contributed by atoms with van der Waals surface area (Å²) in [6.07, 6.45) is 0. The van der Waals surface area contributed by atoms with Crippen LogP contribution >= 0.6 is 0 Å². The number of nitrogens with zero attached hydrogens (tertiary/aromatic N) is 2. The van der Waals surface area contributed by atoms with Gasteiger partial charge in [0.1, 0.15) is 13.1 Å². The summed E-state index contributed by atoms with van der Waals surface area (Å²) >= 11 is 0. The minimum absolute atomic E-state index is 0. The third-order valence-corrected chi connectivity index (χ3v) is 1.54. The van der Waals surface area contributed by atoms with Gasteiger partial charge >= 0.3 is 0 Å². The number of likely N-dealkylation sites (N-methyl/N-ethyl adjacent to an activating group) is 2. The normalized spacial score (nSPS) is 10.0. The summed E-state index contributed by atoms with van der Waals surface area (Å²) < 4.78 is 1.69. The Morgan fingerprint density at radius 1 is 0.889 bits per heavy atom. The van der Waals surface area contributed by atoms with E-state index in [-0.39, 0.29) is 18.7 Å². The largest absolute Gasteiger partial charge is 0.870 e. The van der Waals surface area contributed by atoms with Crippen molar-refractivity contribution in [1.82, 2.24) is 0 Å². The Morgan fingerprint density at radius 3 is 1.06 bits per heavy atom. The van der Waals surface area contributed by atoms with Gasteiger partial charge in [-0.1, -0.05) is 0 Å². The van der Waals surface area contributed by atoms with Crippen LogP contribution in [0.1, 0.15) is 0 Å². The van der Waals surface area contributed by atoms with Crippen LogP contribution in [-0.4, -0.2) is 99.7 Å². The van der Waals surface area contributed by atoms with E-state index in [1.165, 1.54) is 0 Å². The zero-order valence-electron chi connectivity index (χ0n) is 12.5. The zero-order valence-corrected chi connectivity index (χ0v) is 12.5. The lowest BCUT2D eigenvalue weighted by atomic mass is 10.5. The molecule has 0 aromatic carbocycles. The molecule has 7 heteroatoms. The molecule has 0 amide bonds. The van der Waals surface area contributed by atoms with Crippen LogP contribution in [-0.2, 0) is 4.79 Å². The highest BCUT2D eigenvalue weighted by Crippen LogP contribution is 1.85. The molecule has 0 atom stereocenters. The van der Waals surface area contributed by atoms with E-state index in [0.717, 1.165) is 22.1 Å². The first-order chi connectivity index (χ1) is 7.54. The molecule has 0 heterocycles. The van der Waals surface area contributed by atoms with Crippen molar-refractivity contribution in [3.05, 3.63) is 0 Å². The molecule has 18 heavy (non-hydrogen) atoms. The van der Waals surface area contributed by atoms with Gasteiger partial charge in [0.05, 0.1) is 55.5 Å². The molecule has 0 aliphatic carbocycles. The number of carbonyl (C=O) groups excluding carboxylic acids is 1. The van der Waals surface area contributed by atoms with E-state index in [2.05, 4.69) is 42.3 Å². The van der Waals surface area contributed by atoms with Crippen LogP contribution in [0.4, 0.5) is 0 Å². The van der Waals surface area contributed by atoms with Crippen LogP contribution < -0.4 is 5.11 Å². The Labute approximate surface area is 110 Å². The van der Waals surface area contributed by atoms with Gasteiger partial charge in [0, 0.05) is 6.47 Å². The summed E-state index contributed by atoms with van der Waals surface area (Å²) in [6, 6.07) is 0. The van der Waals surface area contributed by atoms with Crippen molar-refractivity contribution in [3.63, 3.8) is 0 Å². The number of carbonyl (C=O) groups is 1. The van der Waals surface area contributed by atoms with Crippen LogP contribution in [0.3, 0.4) is 0 Å². The monoisotopic (exact) mass is 270 g/mol. The lowest BCUT2D eigenvalue weighted by Gasteiger charge is -2.21. The standard InChI is InChI=1S/2C5H14NO.CH2O2.H2O/c2*1-6(2,3)4-5-7;2-1-3;/h2*7H,4-5H2,1-3H3;1H,(H,2,3);1H2/q2*+1;;/p-2. The van der Waals surface area contributed by atoms with Crippen LogP contribution in [0.25, 0.3) is 0 Å². The summed E-state index contributed by atoms with van der Waals surface area (Å²) in [5, 5.41) is 25.0. The summed E-state index contributed by atoms with van der Waals surface area (Å²) in [5.41, 5.74) is 0. The predicted octanol–water partition coefficient (Wildman–Crippen LogP) is -2.44. The zero-order chi connectivity index (χ0) is 14.5. The molecule has 0 bridgehead atoms. The van der Waals surface area contributed by atoms with E-state index in [9.17, 15) is 0 Å². The van der Waals surface area contributed by atoms with E-state index in [1.54, 1.807) is 0 Å². The minimum Gasteiger partial charge on any atom is -0.870 e. The van der Waals surface area contributed by atoms with Crippen LogP contribution in [0.5, 0.6) is 0 Å². The molecule has 0 aliphatic heterocycles. The fourth-order valence-electron chi connectivity index (χ4n) is 0.600. The van der Waals surface area contributed by atoms with Crippen LogP contribution in [0, 0.1) is 0 Å². The van der Waals surface area contributed by atoms with Crippen molar-refractivity contribution in [1.29, 1.82) is 0 Å². The second-order valence-corrected chi connectivity index (χ2v) is 5.57. The molecule has 7 nitrogen and oxygen atoms in total. The first-order valence-corrected chi connectivity index (χ1v) is 5.42. The maximum atomic E-state index is 8.39. The van der Waals surface area contributed by atoms with Gasteiger partial charge < -0.3 is 34.6 Å². The summed E-state index contributed by atoms with van der Waals surface area (Å²) in [6.45, 7) is 1.73. The van der Waals surface area contributed by atoms with E-state index < -0.39 is 6.47 Å². The Balaban J connectivity index is -0.0000000857. The van der Waals surface area contributed by atoms with Crippen LogP contribution in [0.2, 0.25) is 0 Å². The number of aliphatic hydroxyl groups is 2. The van der Waals surface area contributed by atoms with Crippen molar-refractivity contribution >= 4 is 6.47 Å². The molecule has 0 radical (unpaired) electrons. The molecular weight excluding hydrogens is 240 g/mol. The lowest BCUT2D eigenvalue weighted by Crippen LogP contribution is -2.36. The van der Waals surface area contributed by atoms with E-state index in [0.29, 0.717) is 0 Å². The minimum atomic E-state index is -0.500. The maximum absolute atomic E-state index is 8.39. The van der Waals surface area contributed by atoms with Gasteiger partial charge in [0.15, 0.2) is 0 Å². The predicted molar refractivity (Wildman–Crippen MR) is 68.0 cm³/mol. The Bertz CT molecular complexity index is 148. The number of carboxylic acid groups (broad SMARTS) is 1. The maximum Gasteiger partial charge on any atom is 0.101 e. The first-order valence-electron chi connectivity index (χ1n) is 5.42. The highest BCUT2D eigenvalue weighted by Gasteiger charge is 2.02. The van der Waals surface area contributed by atoms with Gasteiger partial charge in [-0.3, -0.25) is 0 Å². The highest BCUT2D eigenvalue weighted by atomic mass is 16.3. The molecule has 3 N–H and O–H groups in total. The SMILES string of the molecule is C[N+](C)(C)CCO.C[N+](C)(C)CCO.O=C[O-].[OH-]. The van der Waals surface area contributed by atoms with Gasteiger partial charge in [-0.25, -0.2) is 0 Å². The number of aliphatic hydroxyl groups excluding tert-OH is 2. The fourth-order valence-corrected chi connectivity index (χ4v) is 0.600. The summed E-state index contributed by atoms with van der Waals surface area (Å²) in [4.78, 5) is 8.25. The molecule has 0 aromatic heterocycles. The molecule has 0 aliphatic rings. The lowest BCUT2D eigenvalue weighted by molar-refractivity contribution is -0.870. The smallest absolute Gasteiger partial charge is 0.101 e. The molecule has 0 saturated carbocycles. The average molecular weight is 270 g/mol. The van der Waals surface area contributed by atoms with Gasteiger partial charge in [0.2, 0.25) is 0 Å². The third kappa shape index (κ3) is 58.8. The van der Waals surface area contributed by atoms with Gasteiger partial charge in [-0.05, 0) is 0 Å². The average Bonchev–Trinajstić information content (AvgIpc) is 2.01. The topological polar surface area (TPSA) is 111 Å². The molecule has 0 fully saturated rings. The van der Waals surface area contributed by atoms with Crippen LogP contribution in [0.15, 0.2) is 0 Å². The van der Waals surface area contributed by atoms with E-state index >= 15 is 0 Å². The van der Waals surface area contributed by atoms with Crippen molar-refractivity contribution in [2.45, 2.75) is 0 Å². The molecule has 0 unspecified atom stereocenters. The highest BCUT2D eigenvalue weighted by molar-refractivity contribution is 5.29. The number of rotatable bonds is 4. The molecule has 114 valence electrons. The second kappa shape index (κ2) is 14.3. The van der Waals surface area contributed by atoms with E-state index in [4.69, 9.17) is 20.1 Å². The molecule has 0 aromatic rings. The number of hydrogen-bond acceptors (Lipinski definition) is 5.